The number of alkyl halides is 3. The van der Waals surface area contributed by atoms with Gasteiger partial charge in [-0.15, -0.1) is 0 Å². The van der Waals surface area contributed by atoms with E-state index in [1.54, 1.807) is 18.2 Å². The number of benzene rings is 1. The van der Waals surface area contributed by atoms with E-state index in [0.29, 0.717) is 16.7 Å². The number of nitrogens with one attached hydrogen (secondary N) is 1. The Morgan fingerprint density at radius 2 is 2.05 bits per heavy atom. The maximum absolute atomic E-state index is 11.9. The van der Waals surface area contributed by atoms with Gasteiger partial charge in [-0.1, -0.05) is 0 Å². The Balaban J connectivity index is 2.05. The molecule has 0 atom stereocenters. The van der Waals surface area contributed by atoms with Crippen LogP contribution in [0.1, 0.15) is 17.0 Å². The van der Waals surface area contributed by atoms with E-state index in [1.807, 2.05) is 0 Å². The van der Waals surface area contributed by atoms with Crippen molar-refractivity contribution in [3.63, 3.8) is 0 Å². The molecule has 4 nitrogen and oxygen atoms in total. The second kappa shape index (κ2) is 4.83. The number of nitrogens with two attached hydrogens (primary N) is 1. The van der Waals surface area contributed by atoms with E-state index in [1.165, 1.54) is 6.07 Å². The summed E-state index contributed by atoms with van der Waals surface area (Å²) in [5, 5.41) is 2.77. The van der Waals surface area contributed by atoms with Crippen LogP contribution in [0.25, 0.3) is 11.0 Å². The molecule has 102 valence electrons. The highest BCUT2D eigenvalue weighted by atomic mass is 19.4. The number of carbonyl (C=O) groups is 1. The number of amides is 1. The van der Waals surface area contributed by atoms with Gasteiger partial charge in [-0.25, -0.2) is 0 Å². The van der Waals surface area contributed by atoms with Crippen LogP contribution in [-0.2, 0) is 0 Å². The lowest BCUT2D eigenvalue weighted by molar-refractivity contribution is -0.133. The Kier molecular flexibility index (Phi) is 3.37. The normalized spacial score (nSPS) is 11.7. The molecule has 2 rings (SSSR count). The van der Waals surface area contributed by atoms with Crippen LogP contribution in [0.4, 0.5) is 18.9 Å². The topological polar surface area (TPSA) is 68.3 Å². The number of anilines is 1. The van der Waals surface area contributed by atoms with Crippen molar-refractivity contribution in [2.75, 3.05) is 12.3 Å². The van der Waals surface area contributed by atoms with Crippen LogP contribution >= 0.6 is 0 Å². The summed E-state index contributed by atoms with van der Waals surface area (Å²) in [6, 6.07) is 6.26. The zero-order valence-electron chi connectivity index (χ0n) is 9.75. The lowest BCUT2D eigenvalue weighted by Gasteiger charge is -2.06. The molecule has 0 saturated heterocycles. The zero-order valence-corrected chi connectivity index (χ0v) is 9.75. The maximum atomic E-state index is 11.9. The molecule has 2 aromatic rings. The molecule has 1 aromatic carbocycles. The third-order valence-electron chi connectivity index (χ3n) is 2.46. The summed E-state index contributed by atoms with van der Waals surface area (Å²) in [7, 11) is 0. The fourth-order valence-electron chi connectivity index (χ4n) is 1.58. The van der Waals surface area contributed by atoms with Gasteiger partial charge in [0, 0.05) is 17.6 Å². The van der Waals surface area contributed by atoms with Gasteiger partial charge >= 0.3 is 6.18 Å². The molecule has 7 heteroatoms. The van der Waals surface area contributed by atoms with E-state index in [9.17, 15) is 18.0 Å². The van der Waals surface area contributed by atoms with Gasteiger partial charge in [0.2, 0.25) is 0 Å². The van der Waals surface area contributed by atoms with Crippen molar-refractivity contribution in [3.8, 4) is 0 Å². The highest BCUT2D eigenvalue weighted by molar-refractivity contribution is 5.96. The molecule has 0 aliphatic rings. The summed E-state index contributed by atoms with van der Waals surface area (Å²) in [5.74, 6) is -0.721. The van der Waals surface area contributed by atoms with E-state index in [2.05, 4.69) is 5.32 Å². The second-order valence-electron chi connectivity index (χ2n) is 4.03. The van der Waals surface area contributed by atoms with Crippen molar-refractivity contribution >= 4 is 22.6 Å². The molecule has 0 radical (unpaired) electrons. The lowest BCUT2D eigenvalue weighted by atomic mass is 10.2. The zero-order chi connectivity index (χ0) is 14.0. The summed E-state index contributed by atoms with van der Waals surface area (Å²) in [4.78, 5) is 11.6. The molecule has 0 unspecified atom stereocenters. The van der Waals surface area contributed by atoms with Gasteiger partial charge in [-0.2, -0.15) is 13.2 Å². The predicted molar refractivity (Wildman–Crippen MR) is 63.6 cm³/mol. The van der Waals surface area contributed by atoms with E-state index < -0.39 is 25.0 Å². The molecule has 0 saturated carbocycles. The van der Waals surface area contributed by atoms with E-state index >= 15 is 0 Å². The van der Waals surface area contributed by atoms with Crippen LogP contribution in [0.5, 0.6) is 0 Å². The average molecular weight is 272 g/mol. The first kappa shape index (κ1) is 13.3. The first-order valence-corrected chi connectivity index (χ1v) is 5.49. The molecule has 0 bridgehead atoms. The van der Waals surface area contributed by atoms with Crippen LogP contribution in [0.2, 0.25) is 0 Å². The summed E-state index contributed by atoms with van der Waals surface area (Å²) < 4.78 is 41.0. The van der Waals surface area contributed by atoms with Crippen molar-refractivity contribution in [2.45, 2.75) is 12.6 Å². The van der Waals surface area contributed by atoms with Gasteiger partial charge < -0.3 is 15.5 Å². The number of furan rings is 1. The van der Waals surface area contributed by atoms with Crippen molar-refractivity contribution < 1.29 is 22.4 Å². The fourth-order valence-corrected chi connectivity index (χ4v) is 1.58. The predicted octanol–water partition coefficient (Wildman–Crippen LogP) is 2.70. The Morgan fingerprint density at radius 1 is 1.32 bits per heavy atom. The number of carbonyl (C=O) groups excluding carboxylic acids is 1. The van der Waals surface area contributed by atoms with Gasteiger partial charge in [-0.3, -0.25) is 4.79 Å². The third-order valence-corrected chi connectivity index (χ3v) is 2.46. The van der Waals surface area contributed by atoms with E-state index in [-0.39, 0.29) is 5.76 Å². The number of nitrogen functional groups attached to an aromatic ring is 1. The largest absolute Gasteiger partial charge is 0.451 e. The smallest absolute Gasteiger partial charge is 0.390 e. The third kappa shape index (κ3) is 3.40. The fraction of sp³-hybridized carbons (Fsp3) is 0.250. The molecule has 1 amide bonds. The summed E-state index contributed by atoms with van der Waals surface area (Å²) in [6.07, 6.45) is -5.37. The molecule has 3 N–H and O–H groups in total. The first-order valence-electron chi connectivity index (χ1n) is 5.49. The van der Waals surface area contributed by atoms with Crippen molar-refractivity contribution in [1.29, 1.82) is 0 Å². The molecular weight excluding hydrogens is 261 g/mol. The quantitative estimate of drug-likeness (QED) is 0.844. The highest BCUT2D eigenvalue weighted by Crippen LogP contribution is 2.22. The van der Waals surface area contributed by atoms with Crippen molar-refractivity contribution in [3.05, 3.63) is 30.0 Å². The van der Waals surface area contributed by atoms with Gasteiger partial charge in [0.05, 0.1) is 6.42 Å². The molecule has 0 spiro atoms. The summed E-state index contributed by atoms with van der Waals surface area (Å²) in [5.41, 5.74) is 6.54. The molecule has 1 heterocycles. The minimum atomic E-state index is -4.30. The minimum absolute atomic E-state index is 0.0391. The Bertz CT molecular complexity index is 605. The number of fused-ring (bicyclic) bond motifs is 1. The van der Waals surface area contributed by atoms with Crippen LogP contribution in [-0.4, -0.2) is 18.6 Å². The van der Waals surface area contributed by atoms with Gasteiger partial charge in [0.25, 0.3) is 5.91 Å². The maximum Gasteiger partial charge on any atom is 0.390 e. The Morgan fingerprint density at radius 3 is 2.74 bits per heavy atom. The van der Waals surface area contributed by atoms with Crippen LogP contribution in [0, 0.1) is 0 Å². The van der Waals surface area contributed by atoms with E-state index in [0.717, 1.165) is 0 Å². The van der Waals surface area contributed by atoms with Gasteiger partial charge in [0.15, 0.2) is 5.76 Å². The molecule has 19 heavy (non-hydrogen) atoms. The standard InChI is InChI=1S/C12H11F3N2O2/c13-12(14,15)3-4-17-11(18)10-6-7-5-8(16)1-2-9(7)19-10/h1-2,5-6H,3-4,16H2,(H,17,18). The lowest BCUT2D eigenvalue weighted by Crippen LogP contribution is -2.27. The Hall–Kier alpha value is -2.18. The number of rotatable bonds is 3. The van der Waals surface area contributed by atoms with Gasteiger partial charge in [-0.05, 0) is 24.3 Å². The van der Waals surface area contributed by atoms with Crippen molar-refractivity contribution in [2.24, 2.45) is 0 Å². The molecule has 1 aromatic heterocycles. The monoisotopic (exact) mass is 272 g/mol. The van der Waals surface area contributed by atoms with Crippen LogP contribution in [0.3, 0.4) is 0 Å². The van der Waals surface area contributed by atoms with Crippen LogP contribution in [0.15, 0.2) is 28.7 Å². The Labute approximate surface area is 106 Å². The van der Waals surface area contributed by atoms with E-state index in [4.69, 9.17) is 10.2 Å². The number of halogens is 3. The first-order chi connectivity index (χ1) is 8.85. The van der Waals surface area contributed by atoms with Crippen LogP contribution < -0.4 is 11.1 Å². The second-order valence-corrected chi connectivity index (χ2v) is 4.03. The highest BCUT2D eigenvalue weighted by Gasteiger charge is 2.26. The average Bonchev–Trinajstić information content (AvgIpc) is 2.70. The number of hydrogen-bond acceptors (Lipinski definition) is 3. The molecule has 0 aliphatic heterocycles. The SMILES string of the molecule is Nc1ccc2oc(C(=O)NCCC(F)(F)F)cc2c1. The minimum Gasteiger partial charge on any atom is -0.451 e. The molecular formula is C12H11F3N2O2. The van der Waals surface area contributed by atoms with Crippen molar-refractivity contribution in [1.82, 2.24) is 5.32 Å². The molecule has 0 aliphatic carbocycles. The summed E-state index contributed by atoms with van der Waals surface area (Å²) in [6.45, 7) is -0.485. The summed E-state index contributed by atoms with van der Waals surface area (Å²) >= 11 is 0. The molecule has 0 fully saturated rings. The van der Waals surface area contributed by atoms with Gasteiger partial charge in [0.1, 0.15) is 5.58 Å². The number of hydrogen-bond donors (Lipinski definition) is 2.